The zero-order chi connectivity index (χ0) is 5.70. The molecule has 0 aromatic heterocycles. The molecule has 44 valence electrons. The van der Waals surface area contributed by atoms with Crippen molar-refractivity contribution in [1.29, 1.82) is 0 Å². The lowest BCUT2D eigenvalue weighted by atomic mass is 11.2. The van der Waals surface area contributed by atoms with E-state index >= 15 is 0 Å². The highest BCUT2D eigenvalue weighted by Gasteiger charge is 1.90. The molecule has 0 spiro atoms. The Bertz CT molecular complexity index is 41.2. The molecule has 0 rings (SSSR count). The summed E-state index contributed by atoms with van der Waals surface area (Å²) in [5, 5.41) is 0. The molecule has 0 aliphatic carbocycles. The highest BCUT2D eigenvalue weighted by atomic mass is 32.2. The second-order valence-corrected chi connectivity index (χ2v) is 2.03. The fraction of sp³-hybridized carbons (Fsp3) is 1.00. The predicted molar refractivity (Wildman–Crippen MR) is 33.7 cm³/mol. The Hall–Kier alpha value is 0.230. The number of thioether (sulfide) groups is 1. The van der Waals surface area contributed by atoms with Gasteiger partial charge in [-0.15, -0.1) is 11.8 Å². The summed E-state index contributed by atoms with van der Waals surface area (Å²) in [6.07, 6.45) is 1.94. The van der Waals surface area contributed by atoms with Gasteiger partial charge in [-0.25, -0.2) is 5.43 Å². The van der Waals surface area contributed by atoms with Gasteiger partial charge in [-0.1, -0.05) is 0 Å². The Labute approximate surface area is 48.0 Å². The minimum Gasteiger partial charge on any atom is -0.306 e. The van der Waals surface area contributed by atoms with Gasteiger partial charge < -0.3 is 5.73 Å². The van der Waals surface area contributed by atoms with Crippen molar-refractivity contribution < 1.29 is 0 Å². The SMILES string of the molecule is CNNC(N)SC. The molecule has 0 saturated heterocycles. The summed E-state index contributed by atoms with van der Waals surface area (Å²) in [7, 11) is 1.79. The van der Waals surface area contributed by atoms with Gasteiger partial charge in [0, 0.05) is 0 Å². The Kier molecular flexibility index (Phi) is 4.53. The van der Waals surface area contributed by atoms with E-state index in [0.717, 1.165) is 0 Å². The van der Waals surface area contributed by atoms with Gasteiger partial charge in [0.1, 0.15) is 5.50 Å². The van der Waals surface area contributed by atoms with Crippen molar-refractivity contribution in [2.24, 2.45) is 5.73 Å². The molecule has 0 amide bonds. The van der Waals surface area contributed by atoms with E-state index in [2.05, 4.69) is 10.9 Å². The zero-order valence-corrected chi connectivity index (χ0v) is 5.38. The third-order valence-electron chi connectivity index (χ3n) is 0.541. The summed E-state index contributed by atoms with van der Waals surface area (Å²) < 4.78 is 0. The fourth-order valence-corrected chi connectivity index (χ4v) is 0.437. The molecule has 4 N–H and O–H groups in total. The van der Waals surface area contributed by atoms with E-state index in [9.17, 15) is 0 Å². The number of hydrogen-bond acceptors (Lipinski definition) is 4. The van der Waals surface area contributed by atoms with Crippen LogP contribution in [-0.2, 0) is 0 Å². The van der Waals surface area contributed by atoms with Crippen molar-refractivity contribution in [3.05, 3.63) is 0 Å². The molecule has 1 atom stereocenters. The molecule has 3 nitrogen and oxygen atoms in total. The van der Waals surface area contributed by atoms with Crippen LogP contribution in [0.1, 0.15) is 0 Å². The van der Waals surface area contributed by atoms with Gasteiger partial charge in [-0.05, 0) is 13.3 Å². The molecule has 0 fully saturated rings. The first-order valence-electron chi connectivity index (χ1n) is 2.02. The lowest BCUT2D eigenvalue weighted by Gasteiger charge is -2.07. The van der Waals surface area contributed by atoms with Crippen LogP contribution in [0.3, 0.4) is 0 Å². The normalized spacial score (nSPS) is 14.1. The molecule has 0 aliphatic rings. The van der Waals surface area contributed by atoms with Gasteiger partial charge in [0.2, 0.25) is 0 Å². The highest BCUT2D eigenvalue weighted by molar-refractivity contribution is 7.99. The molecule has 0 saturated carbocycles. The quantitative estimate of drug-likeness (QED) is 0.342. The van der Waals surface area contributed by atoms with E-state index in [0.29, 0.717) is 0 Å². The minimum atomic E-state index is 0.00463. The lowest BCUT2D eigenvalue weighted by molar-refractivity contribution is 0.580. The molecule has 0 radical (unpaired) electrons. The van der Waals surface area contributed by atoms with Crippen molar-refractivity contribution in [2.75, 3.05) is 13.3 Å². The standard InChI is InChI=1S/C3H11N3S/c1-5-6-3(4)7-2/h3,5-6H,4H2,1-2H3. The predicted octanol–water partition coefficient (Wildman–Crippen LogP) is -0.684. The number of hydrazine groups is 1. The second-order valence-electron chi connectivity index (χ2n) is 1.05. The fourth-order valence-electron chi connectivity index (χ4n) is 0.201. The van der Waals surface area contributed by atoms with Crippen molar-refractivity contribution in [3.8, 4) is 0 Å². The van der Waals surface area contributed by atoms with Crippen LogP contribution in [-0.4, -0.2) is 18.8 Å². The van der Waals surface area contributed by atoms with Crippen molar-refractivity contribution in [3.63, 3.8) is 0 Å². The summed E-state index contributed by atoms with van der Waals surface area (Å²) in [6, 6.07) is 0. The maximum absolute atomic E-state index is 5.37. The molecular formula is C3H11N3S. The summed E-state index contributed by atoms with van der Waals surface area (Å²) in [5.41, 5.74) is 10.9. The van der Waals surface area contributed by atoms with E-state index in [4.69, 9.17) is 5.73 Å². The van der Waals surface area contributed by atoms with Crippen LogP contribution in [0.4, 0.5) is 0 Å². The maximum Gasteiger partial charge on any atom is 0.115 e. The average Bonchev–Trinajstić information content (AvgIpc) is 1.68. The molecule has 0 aromatic carbocycles. The molecule has 0 bridgehead atoms. The van der Waals surface area contributed by atoms with E-state index in [-0.39, 0.29) is 5.50 Å². The van der Waals surface area contributed by atoms with Gasteiger partial charge in [-0.2, -0.15) is 0 Å². The van der Waals surface area contributed by atoms with Crippen LogP contribution in [0.2, 0.25) is 0 Å². The molecule has 0 heterocycles. The first-order valence-corrected chi connectivity index (χ1v) is 3.30. The molecule has 0 aromatic rings. The third kappa shape index (κ3) is 4.08. The van der Waals surface area contributed by atoms with Crippen LogP contribution in [0.25, 0.3) is 0 Å². The molecule has 1 unspecified atom stereocenters. The Morgan fingerprint density at radius 3 is 2.43 bits per heavy atom. The van der Waals surface area contributed by atoms with Crippen molar-refractivity contribution in [1.82, 2.24) is 10.9 Å². The summed E-state index contributed by atoms with van der Waals surface area (Å²) in [5.74, 6) is 0. The zero-order valence-electron chi connectivity index (χ0n) is 4.56. The van der Waals surface area contributed by atoms with Crippen LogP contribution in [0.5, 0.6) is 0 Å². The highest BCUT2D eigenvalue weighted by Crippen LogP contribution is 1.90. The van der Waals surface area contributed by atoms with Crippen LogP contribution < -0.4 is 16.6 Å². The third-order valence-corrected chi connectivity index (χ3v) is 1.17. The Morgan fingerprint density at radius 2 is 2.29 bits per heavy atom. The van der Waals surface area contributed by atoms with Gasteiger partial charge >= 0.3 is 0 Å². The lowest BCUT2D eigenvalue weighted by Crippen LogP contribution is -2.41. The van der Waals surface area contributed by atoms with Gasteiger partial charge in [0.05, 0.1) is 0 Å². The molecule has 7 heavy (non-hydrogen) atoms. The Morgan fingerprint density at radius 1 is 1.71 bits per heavy atom. The average molecular weight is 121 g/mol. The van der Waals surface area contributed by atoms with E-state index in [1.807, 2.05) is 6.26 Å². The number of rotatable bonds is 3. The van der Waals surface area contributed by atoms with E-state index in [1.165, 1.54) is 0 Å². The maximum atomic E-state index is 5.37. The van der Waals surface area contributed by atoms with Crippen molar-refractivity contribution >= 4 is 11.8 Å². The topological polar surface area (TPSA) is 50.1 Å². The first-order chi connectivity index (χ1) is 3.31. The van der Waals surface area contributed by atoms with Gasteiger partial charge in [0.15, 0.2) is 0 Å². The van der Waals surface area contributed by atoms with E-state index in [1.54, 1.807) is 18.8 Å². The Balaban J connectivity index is 2.83. The first kappa shape index (κ1) is 7.23. The smallest absolute Gasteiger partial charge is 0.115 e. The van der Waals surface area contributed by atoms with Crippen LogP contribution in [0.15, 0.2) is 0 Å². The summed E-state index contributed by atoms with van der Waals surface area (Å²) >= 11 is 1.55. The monoisotopic (exact) mass is 121 g/mol. The van der Waals surface area contributed by atoms with Gasteiger partial charge in [-0.3, -0.25) is 5.43 Å². The number of nitrogens with two attached hydrogens (primary N) is 1. The minimum absolute atomic E-state index is 0.00463. The summed E-state index contributed by atoms with van der Waals surface area (Å²) in [4.78, 5) is 0. The van der Waals surface area contributed by atoms with E-state index < -0.39 is 0 Å². The molecule has 4 heteroatoms. The second kappa shape index (κ2) is 4.39. The largest absolute Gasteiger partial charge is 0.306 e. The number of nitrogens with one attached hydrogen (secondary N) is 2. The van der Waals surface area contributed by atoms with Crippen LogP contribution in [0, 0.1) is 0 Å². The number of hydrogen-bond donors (Lipinski definition) is 3. The summed E-state index contributed by atoms with van der Waals surface area (Å²) in [6.45, 7) is 0. The van der Waals surface area contributed by atoms with Crippen LogP contribution >= 0.6 is 11.8 Å². The van der Waals surface area contributed by atoms with Gasteiger partial charge in [0.25, 0.3) is 0 Å². The molecule has 0 aliphatic heterocycles. The van der Waals surface area contributed by atoms with Crippen molar-refractivity contribution in [2.45, 2.75) is 5.50 Å². The molecular weight excluding hydrogens is 110 g/mol.